The summed E-state index contributed by atoms with van der Waals surface area (Å²) in [6.07, 6.45) is 0.243. The fourth-order valence-corrected chi connectivity index (χ4v) is 4.58. The van der Waals surface area contributed by atoms with Gasteiger partial charge in [-0.1, -0.05) is 60.3 Å². The molecule has 5 nitrogen and oxygen atoms in total. The molecule has 3 aromatic rings. The molecule has 0 bridgehead atoms. The molecule has 1 aliphatic rings. The Balaban J connectivity index is 1.56. The molecule has 1 aliphatic heterocycles. The SMILES string of the molecule is Cc1nc2n(c(=O)c1C)C(CC(=O)Nc1ccccc1-c1ccccc1)CS2. The summed E-state index contributed by atoms with van der Waals surface area (Å²) < 4.78 is 1.68. The first-order chi connectivity index (χ1) is 13.5. The van der Waals surface area contributed by atoms with Crippen molar-refractivity contribution in [3.8, 4) is 11.1 Å². The van der Waals surface area contributed by atoms with Gasteiger partial charge < -0.3 is 5.32 Å². The first kappa shape index (κ1) is 18.5. The lowest BCUT2D eigenvalue weighted by atomic mass is 10.0. The molecule has 0 saturated carbocycles. The number of carbonyl (C=O) groups is 1. The van der Waals surface area contributed by atoms with Gasteiger partial charge >= 0.3 is 0 Å². The first-order valence-corrected chi connectivity index (χ1v) is 10.2. The molecule has 6 heteroatoms. The predicted molar refractivity (Wildman–Crippen MR) is 113 cm³/mol. The molecular formula is C22H21N3O2S. The number of rotatable bonds is 4. The molecule has 142 valence electrons. The van der Waals surface area contributed by atoms with Crippen LogP contribution >= 0.6 is 11.8 Å². The zero-order valence-electron chi connectivity index (χ0n) is 15.8. The van der Waals surface area contributed by atoms with Crippen LogP contribution in [0.25, 0.3) is 11.1 Å². The smallest absolute Gasteiger partial charge is 0.257 e. The topological polar surface area (TPSA) is 64.0 Å². The molecule has 28 heavy (non-hydrogen) atoms. The number of carbonyl (C=O) groups excluding carboxylic acids is 1. The average molecular weight is 391 g/mol. The zero-order chi connectivity index (χ0) is 19.7. The van der Waals surface area contributed by atoms with Crippen LogP contribution in [-0.2, 0) is 4.79 Å². The van der Waals surface area contributed by atoms with E-state index in [-0.39, 0.29) is 23.9 Å². The van der Waals surface area contributed by atoms with Crippen molar-refractivity contribution in [1.82, 2.24) is 9.55 Å². The standard InChI is InChI=1S/C22H21N3O2S/c1-14-15(2)23-22-25(21(14)27)17(13-28-22)12-20(26)24-19-11-7-6-10-18(19)16-8-4-3-5-9-16/h3-11,17H,12-13H2,1-2H3,(H,24,26). The molecule has 0 saturated heterocycles. The summed E-state index contributed by atoms with van der Waals surface area (Å²) in [6, 6.07) is 17.5. The van der Waals surface area contributed by atoms with Gasteiger partial charge in [0.1, 0.15) is 0 Å². The molecule has 0 fully saturated rings. The van der Waals surface area contributed by atoms with E-state index in [1.54, 1.807) is 11.5 Å². The molecule has 0 aliphatic carbocycles. The molecule has 1 N–H and O–H groups in total. The summed E-state index contributed by atoms with van der Waals surface area (Å²) >= 11 is 1.53. The second-order valence-corrected chi connectivity index (χ2v) is 7.90. The minimum Gasteiger partial charge on any atom is -0.325 e. The number of fused-ring (bicyclic) bond motifs is 1. The highest BCUT2D eigenvalue weighted by molar-refractivity contribution is 7.99. The third-order valence-corrected chi connectivity index (χ3v) is 6.13. The number of thioether (sulfide) groups is 1. The van der Waals surface area contributed by atoms with E-state index in [2.05, 4.69) is 10.3 Å². The van der Waals surface area contributed by atoms with Crippen LogP contribution in [0, 0.1) is 13.8 Å². The number of nitrogens with one attached hydrogen (secondary N) is 1. The van der Waals surface area contributed by atoms with Crippen molar-refractivity contribution in [3.05, 3.63) is 76.2 Å². The van der Waals surface area contributed by atoms with E-state index in [1.807, 2.05) is 61.5 Å². The van der Waals surface area contributed by atoms with Crippen LogP contribution in [0.4, 0.5) is 5.69 Å². The Labute approximate surface area is 167 Å². The largest absolute Gasteiger partial charge is 0.325 e. The van der Waals surface area contributed by atoms with Gasteiger partial charge in [-0.15, -0.1) is 0 Å². The number of anilines is 1. The van der Waals surface area contributed by atoms with Crippen LogP contribution in [0.2, 0.25) is 0 Å². The molecule has 4 rings (SSSR count). The van der Waals surface area contributed by atoms with Crippen molar-refractivity contribution in [2.75, 3.05) is 11.1 Å². The van der Waals surface area contributed by atoms with E-state index in [1.165, 1.54) is 11.8 Å². The molecule has 1 aromatic heterocycles. The highest BCUT2D eigenvalue weighted by atomic mass is 32.2. The van der Waals surface area contributed by atoms with Gasteiger partial charge in [-0.2, -0.15) is 0 Å². The fourth-order valence-electron chi connectivity index (χ4n) is 3.40. The fraction of sp³-hybridized carbons (Fsp3) is 0.227. The van der Waals surface area contributed by atoms with Crippen molar-refractivity contribution in [2.45, 2.75) is 31.5 Å². The lowest BCUT2D eigenvalue weighted by Crippen LogP contribution is -2.29. The number of amides is 1. The molecular weight excluding hydrogens is 370 g/mol. The van der Waals surface area contributed by atoms with Crippen LogP contribution in [0.1, 0.15) is 23.7 Å². The maximum absolute atomic E-state index is 12.8. The van der Waals surface area contributed by atoms with Crippen LogP contribution < -0.4 is 10.9 Å². The summed E-state index contributed by atoms with van der Waals surface area (Å²) in [5.41, 5.74) is 4.15. The Bertz CT molecular complexity index is 1090. The Morgan fingerprint density at radius 3 is 2.64 bits per heavy atom. The summed E-state index contributed by atoms with van der Waals surface area (Å²) in [5.74, 6) is 0.575. The first-order valence-electron chi connectivity index (χ1n) is 9.21. The Morgan fingerprint density at radius 2 is 1.86 bits per heavy atom. The molecule has 1 unspecified atom stereocenters. The van der Waals surface area contributed by atoms with Gasteiger partial charge in [-0.3, -0.25) is 14.2 Å². The highest BCUT2D eigenvalue weighted by Gasteiger charge is 2.28. The van der Waals surface area contributed by atoms with Crippen LogP contribution in [-0.4, -0.2) is 21.2 Å². The third kappa shape index (κ3) is 3.47. The molecule has 2 heterocycles. The van der Waals surface area contributed by atoms with E-state index in [0.29, 0.717) is 16.5 Å². The third-order valence-electron chi connectivity index (χ3n) is 5.03. The predicted octanol–water partition coefficient (Wildman–Crippen LogP) is 4.20. The molecule has 2 aromatic carbocycles. The van der Waals surface area contributed by atoms with E-state index in [4.69, 9.17) is 0 Å². The quantitative estimate of drug-likeness (QED) is 0.677. The maximum Gasteiger partial charge on any atom is 0.257 e. The van der Waals surface area contributed by atoms with E-state index in [0.717, 1.165) is 22.5 Å². The van der Waals surface area contributed by atoms with Crippen LogP contribution in [0.15, 0.2) is 64.5 Å². The van der Waals surface area contributed by atoms with Gasteiger partial charge in [-0.05, 0) is 25.5 Å². The van der Waals surface area contributed by atoms with Gasteiger partial charge in [0.05, 0.1) is 6.04 Å². The Morgan fingerprint density at radius 1 is 1.14 bits per heavy atom. The van der Waals surface area contributed by atoms with Crippen molar-refractivity contribution >= 4 is 23.4 Å². The van der Waals surface area contributed by atoms with Crippen LogP contribution in [0.5, 0.6) is 0 Å². The lowest BCUT2D eigenvalue weighted by Gasteiger charge is -2.16. The summed E-state index contributed by atoms with van der Waals surface area (Å²) in [5, 5.41) is 3.73. The minimum absolute atomic E-state index is 0.0463. The van der Waals surface area contributed by atoms with Crippen molar-refractivity contribution in [2.24, 2.45) is 0 Å². The summed E-state index contributed by atoms with van der Waals surface area (Å²) in [4.78, 5) is 29.9. The molecule has 0 spiro atoms. The second-order valence-electron chi connectivity index (χ2n) is 6.91. The highest BCUT2D eigenvalue weighted by Crippen LogP contribution is 2.33. The maximum atomic E-state index is 12.8. The number of aromatic nitrogens is 2. The van der Waals surface area contributed by atoms with Gasteiger partial charge in [0.25, 0.3) is 5.56 Å². The summed E-state index contributed by atoms with van der Waals surface area (Å²) in [7, 11) is 0. The van der Waals surface area contributed by atoms with Crippen LogP contribution in [0.3, 0.4) is 0 Å². The molecule has 1 atom stereocenters. The van der Waals surface area contributed by atoms with Gasteiger partial charge in [0, 0.05) is 34.7 Å². The summed E-state index contributed by atoms with van der Waals surface area (Å²) in [6.45, 7) is 3.63. The number of nitrogens with zero attached hydrogens (tertiary/aromatic N) is 2. The molecule has 0 radical (unpaired) electrons. The Kier molecular flexibility index (Phi) is 5.05. The zero-order valence-corrected chi connectivity index (χ0v) is 16.6. The number of hydrogen-bond acceptors (Lipinski definition) is 4. The number of hydrogen-bond donors (Lipinski definition) is 1. The number of para-hydroxylation sites is 1. The van der Waals surface area contributed by atoms with Crippen molar-refractivity contribution < 1.29 is 4.79 Å². The van der Waals surface area contributed by atoms with E-state index < -0.39 is 0 Å². The van der Waals surface area contributed by atoms with Crippen molar-refractivity contribution in [1.29, 1.82) is 0 Å². The normalized spacial score (nSPS) is 15.3. The lowest BCUT2D eigenvalue weighted by molar-refractivity contribution is -0.116. The van der Waals surface area contributed by atoms with Crippen molar-refractivity contribution in [3.63, 3.8) is 0 Å². The number of aryl methyl sites for hydroxylation is 1. The van der Waals surface area contributed by atoms with Gasteiger partial charge in [-0.25, -0.2) is 4.98 Å². The monoisotopic (exact) mass is 391 g/mol. The number of benzene rings is 2. The van der Waals surface area contributed by atoms with Gasteiger partial charge in [0.15, 0.2) is 5.16 Å². The average Bonchev–Trinajstić information content (AvgIpc) is 3.09. The second kappa shape index (κ2) is 7.64. The van der Waals surface area contributed by atoms with E-state index >= 15 is 0 Å². The van der Waals surface area contributed by atoms with Gasteiger partial charge in [0.2, 0.25) is 5.91 Å². The minimum atomic E-state index is -0.178. The Hall–Kier alpha value is -2.86. The molecule has 1 amide bonds. The van der Waals surface area contributed by atoms with E-state index in [9.17, 15) is 9.59 Å².